The van der Waals surface area contributed by atoms with E-state index in [-0.39, 0.29) is 0 Å². The number of hydrogen-bond acceptors (Lipinski definition) is 0. The van der Waals surface area contributed by atoms with Gasteiger partial charge in [-0.3, -0.25) is 0 Å². The second kappa shape index (κ2) is 3.85. The third kappa shape index (κ3) is 1.27. The average molecular weight is 554 g/mol. The SMILES string of the molecule is CC1C(I)C2CC1C1C3CC(C(I)C3I)C21. The Balaban J connectivity index is 1.73. The average Bonchev–Trinajstić information content (AvgIpc) is 2.92. The summed E-state index contributed by atoms with van der Waals surface area (Å²) < 4.78 is 2.98. The van der Waals surface area contributed by atoms with Gasteiger partial charge in [0.2, 0.25) is 0 Å². The van der Waals surface area contributed by atoms with E-state index in [1.54, 1.807) is 12.8 Å². The quantitative estimate of drug-likeness (QED) is 0.234. The van der Waals surface area contributed by atoms with Crippen LogP contribution in [0, 0.1) is 41.4 Å². The van der Waals surface area contributed by atoms with Gasteiger partial charge in [0.1, 0.15) is 0 Å². The molecular formula is C13H17I3. The third-order valence-electron chi connectivity index (χ3n) is 6.22. The van der Waals surface area contributed by atoms with Crippen LogP contribution in [0.3, 0.4) is 0 Å². The maximum Gasteiger partial charge on any atom is 0.0261 e. The molecule has 0 nitrogen and oxygen atoms in total. The number of alkyl halides is 3. The van der Waals surface area contributed by atoms with E-state index in [4.69, 9.17) is 0 Å². The zero-order chi connectivity index (χ0) is 11.2. The first-order valence-electron chi connectivity index (χ1n) is 6.53. The van der Waals surface area contributed by atoms with Crippen molar-refractivity contribution in [3.63, 3.8) is 0 Å². The normalized spacial score (nSPS) is 71.2. The maximum absolute atomic E-state index is 2.78. The van der Waals surface area contributed by atoms with E-state index in [0.717, 1.165) is 53.2 Å². The van der Waals surface area contributed by atoms with E-state index in [1.165, 1.54) is 0 Å². The van der Waals surface area contributed by atoms with Gasteiger partial charge >= 0.3 is 0 Å². The van der Waals surface area contributed by atoms with E-state index in [1.807, 2.05) is 0 Å². The number of rotatable bonds is 0. The summed E-state index contributed by atoms with van der Waals surface area (Å²) in [6, 6.07) is 0. The van der Waals surface area contributed by atoms with Gasteiger partial charge in [0.05, 0.1) is 0 Å². The fraction of sp³-hybridized carbons (Fsp3) is 1.00. The Morgan fingerprint density at radius 2 is 1.12 bits per heavy atom. The maximum atomic E-state index is 2.78. The number of halogens is 3. The third-order valence-corrected chi connectivity index (χ3v) is 13.1. The molecule has 4 aliphatic carbocycles. The van der Waals surface area contributed by atoms with Crippen molar-refractivity contribution in [2.45, 2.75) is 31.5 Å². The van der Waals surface area contributed by atoms with Crippen LogP contribution in [0.15, 0.2) is 0 Å². The smallest absolute Gasteiger partial charge is 0.0261 e. The summed E-state index contributed by atoms with van der Waals surface area (Å²) in [6.45, 7) is 2.54. The van der Waals surface area contributed by atoms with Crippen molar-refractivity contribution in [1.29, 1.82) is 0 Å². The second-order valence-electron chi connectivity index (χ2n) is 6.47. The molecule has 0 heterocycles. The van der Waals surface area contributed by atoms with Gasteiger partial charge < -0.3 is 0 Å². The minimum absolute atomic E-state index is 0.989. The van der Waals surface area contributed by atoms with Gasteiger partial charge in [-0.1, -0.05) is 74.7 Å². The molecule has 10 atom stereocenters. The molecule has 0 aromatic carbocycles. The van der Waals surface area contributed by atoms with Crippen LogP contribution in [0.4, 0.5) is 0 Å². The highest BCUT2D eigenvalue weighted by Crippen LogP contribution is 2.71. The Labute approximate surface area is 139 Å². The van der Waals surface area contributed by atoms with Crippen LogP contribution >= 0.6 is 67.8 Å². The van der Waals surface area contributed by atoms with Crippen LogP contribution in [-0.4, -0.2) is 11.8 Å². The van der Waals surface area contributed by atoms with E-state index < -0.39 is 0 Å². The lowest BCUT2D eigenvalue weighted by atomic mass is 9.68. The second-order valence-corrected chi connectivity index (χ2v) is 10.8. The molecule has 0 aliphatic heterocycles. The van der Waals surface area contributed by atoms with Crippen LogP contribution in [0.2, 0.25) is 0 Å². The molecule has 0 radical (unpaired) electrons. The molecular weight excluding hydrogens is 537 g/mol. The lowest BCUT2D eigenvalue weighted by Crippen LogP contribution is -2.44. The predicted octanol–water partition coefficient (Wildman–Crippen LogP) is 4.57. The Morgan fingerprint density at radius 3 is 1.75 bits per heavy atom. The topological polar surface area (TPSA) is 0 Å². The monoisotopic (exact) mass is 554 g/mol. The van der Waals surface area contributed by atoms with Gasteiger partial charge in [-0.15, -0.1) is 0 Å². The summed E-state index contributed by atoms with van der Waals surface area (Å²) in [7, 11) is 0. The largest absolute Gasteiger partial charge is 0.0820 e. The van der Waals surface area contributed by atoms with Crippen LogP contribution in [-0.2, 0) is 0 Å². The molecule has 0 aromatic rings. The molecule has 3 heteroatoms. The highest BCUT2D eigenvalue weighted by atomic mass is 127. The fourth-order valence-electron chi connectivity index (χ4n) is 5.72. The Morgan fingerprint density at radius 1 is 0.688 bits per heavy atom. The van der Waals surface area contributed by atoms with Crippen molar-refractivity contribution in [2.75, 3.05) is 0 Å². The molecule has 16 heavy (non-hydrogen) atoms. The lowest BCUT2D eigenvalue weighted by Gasteiger charge is -2.43. The summed E-state index contributed by atoms with van der Waals surface area (Å²) in [4.78, 5) is 0. The molecule has 0 aromatic heterocycles. The summed E-state index contributed by atoms with van der Waals surface area (Å²) in [5.41, 5.74) is 0. The van der Waals surface area contributed by atoms with Crippen molar-refractivity contribution in [3.05, 3.63) is 0 Å². The van der Waals surface area contributed by atoms with Crippen molar-refractivity contribution in [1.82, 2.24) is 0 Å². The number of hydrogen-bond donors (Lipinski definition) is 0. The fourth-order valence-corrected chi connectivity index (χ4v) is 9.64. The molecule has 4 rings (SSSR count). The number of fused-ring (bicyclic) bond motifs is 9. The van der Waals surface area contributed by atoms with Crippen molar-refractivity contribution < 1.29 is 0 Å². The predicted molar refractivity (Wildman–Crippen MR) is 92.8 cm³/mol. The highest BCUT2D eigenvalue weighted by molar-refractivity contribution is 14.1. The standard InChI is InChI=1S/C13H17I3/c1-4-5-2-6(11(4)14)10-8-3-7(9(5)10)12(15)13(8)16/h4-13H,2-3H2,1H3. The minimum Gasteiger partial charge on any atom is -0.0820 e. The Kier molecular flexibility index (Phi) is 2.88. The molecule has 4 saturated carbocycles. The van der Waals surface area contributed by atoms with Crippen LogP contribution in [0.1, 0.15) is 19.8 Å². The van der Waals surface area contributed by atoms with E-state index >= 15 is 0 Å². The zero-order valence-corrected chi connectivity index (χ0v) is 15.8. The zero-order valence-electron chi connectivity index (χ0n) is 9.32. The van der Waals surface area contributed by atoms with Crippen molar-refractivity contribution >= 4 is 67.8 Å². The van der Waals surface area contributed by atoms with Crippen LogP contribution in [0.5, 0.6) is 0 Å². The first-order chi connectivity index (χ1) is 7.61. The van der Waals surface area contributed by atoms with Gasteiger partial charge in [-0.2, -0.15) is 0 Å². The molecule has 4 bridgehead atoms. The molecule has 4 fully saturated rings. The summed E-state index contributed by atoms with van der Waals surface area (Å²) in [5.74, 6) is 7.69. The van der Waals surface area contributed by atoms with Gasteiger partial charge in [-0.25, -0.2) is 0 Å². The van der Waals surface area contributed by atoms with Crippen molar-refractivity contribution in [2.24, 2.45) is 41.4 Å². The molecule has 0 spiro atoms. The lowest BCUT2D eigenvalue weighted by molar-refractivity contribution is 0.132. The van der Waals surface area contributed by atoms with E-state index in [9.17, 15) is 0 Å². The van der Waals surface area contributed by atoms with Crippen LogP contribution < -0.4 is 0 Å². The summed E-state index contributed by atoms with van der Waals surface area (Å²) in [5, 5.41) is 0. The molecule has 0 N–H and O–H groups in total. The first-order valence-corrected chi connectivity index (χ1v) is 10.3. The van der Waals surface area contributed by atoms with E-state index in [0.29, 0.717) is 0 Å². The molecule has 4 aliphatic rings. The molecule has 90 valence electrons. The van der Waals surface area contributed by atoms with E-state index in [2.05, 4.69) is 74.7 Å². The Bertz CT molecular complexity index is 271. The highest BCUT2D eigenvalue weighted by Gasteiger charge is 2.68. The summed E-state index contributed by atoms with van der Waals surface area (Å²) >= 11 is 8.32. The first kappa shape index (κ1) is 12.0. The van der Waals surface area contributed by atoms with Gasteiger partial charge in [0.25, 0.3) is 0 Å². The van der Waals surface area contributed by atoms with Gasteiger partial charge in [0, 0.05) is 11.8 Å². The molecule has 10 unspecified atom stereocenters. The summed E-state index contributed by atoms with van der Waals surface area (Å²) in [6.07, 6.45) is 3.17. The molecule has 0 saturated heterocycles. The van der Waals surface area contributed by atoms with Gasteiger partial charge in [0.15, 0.2) is 0 Å². The minimum atomic E-state index is 0.989. The van der Waals surface area contributed by atoms with Crippen LogP contribution in [0.25, 0.3) is 0 Å². The van der Waals surface area contributed by atoms with Gasteiger partial charge in [-0.05, 0) is 54.3 Å². The van der Waals surface area contributed by atoms with Crippen molar-refractivity contribution in [3.8, 4) is 0 Å². The molecule has 0 amide bonds. The Hall–Kier alpha value is 2.19.